The third kappa shape index (κ3) is 5.58. The molecule has 2 heterocycles. The number of aryl methyl sites for hydroxylation is 2. The number of hydrogen-bond acceptors (Lipinski definition) is 6. The van der Waals surface area contributed by atoms with Crippen molar-refractivity contribution in [3.05, 3.63) is 47.3 Å². The van der Waals surface area contributed by atoms with Crippen molar-refractivity contribution in [2.45, 2.75) is 51.4 Å². The number of carbonyl (C=O) groups excluding carboxylic acids is 2. The smallest absolute Gasteiger partial charge is 0.319 e. The average Bonchev–Trinajstić information content (AvgIpc) is 3.07. The molecule has 0 unspecified atom stereocenters. The van der Waals surface area contributed by atoms with E-state index in [1.807, 2.05) is 6.07 Å². The van der Waals surface area contributed by atoms with Crippen LogP contribution in [-0.4, -0.2) is 53.6 Å². The first-order valence-electron chi connectivity index (χ1n) is 10.1. The molecule has 2 aromatic rings. The van der Waals surface area contributed by atoms with Crippen LogP contribution >= 0.6 is 0 Å². The summed E-state index contributed by atoms with van der Waals surface area (Å²) in [6.07, 6.45) is 1.44. The van der Waals surface area contributed by atoms with E-state index in [1.54, 1.807) is 38.1 Å². The van der Waals surface area contributed by atoms with Crippen molar-refractivity contribution in [3.8, 4) is 0 Å². The van der Waals surface area contributed by atoms with Gasteiger partial charge in [-0.15, -0.1) is 0 Å². The van der Waals surface area contributed by atoms with Gasteiger partial charge < -0.3 is 30.3 Å². The molecule has 1 aromatic heterocycles. The zero-order valence-electron chi connectivity index (χ0n) is 17.2. The van der Waals surface area contributed by atoms with Crippen molar-refractivity contribution in [1.82, 2.24) is 15.8 Å². The molecule has 0 saturated carbocycles. The van der Waals surface area contributed by atoms with Gasteiger partial charge in [-0.3, -0.25) is 4.79 Å². The van der Waals surface area contributed by atoms with E-state index < -0.39 is 6.10 Å². The number of rotatable bonds is 7. The van der Waals surface area contributed by atoms with Gasteiger partial charge in [-0.05, 0) is 45.2 Å². The Bertz CT molecular complexity index is 835. The first kappa shape index (κ1) is 21.8. The Morgan fingerprint density at radius 3 is 2.63 bits per heavy atom. The van der Waals surface area contributed by atoms with Gasteiger partial charge in [-0.1, -0.05) is 23.4 Å². The number of benzene rings is 1. The number of ether oxygens (including phenoxy) is 1. The molecule has 9 nitrogen and oxygen atoms in total. The molecule has 0 spiro atoms. The number of aromatic nitrogens is 1. The minimum atomic E-state index is -0.479. The van der Waals surface area contributed by atoms with E-state index in [0.29, 0.717) is 42.1 Å². The van der Waals surface area contributed by atoms with Gasteiger partial charge in [-0.25, -0.2) is 4.79 Å². The summed E-state index contributed by atoms with van der Waals surface area (Å²) in [6, 6.07) is 8.36. The minimum Gasteiger partial charge on any atom is -0.394 e. The average molecular weight is 416 g/mol. The summed E-state index contributed by atoms with van der Waals surface area (Å²) in [6.45, 7) is 3.72. The molecular formula is C21H28N4O5. The summed E-state index contributed by atoms with van der Waals surface area (Å²) in [7, 11) is 0. The summed E-state index contributed by atoms with van der Waals surface area (Å²) in [5.41, 5.74) is 1.76. The molecule has 0 aliphatic carbocycles. The maximum atomic E-state index is 12.4. The first-order chi connectivity index (χ1) is 14.5. The fourth-order valence-electron chi connectivity index (χ4n) is 3.52. The van der Waals surface area contributed by atoms with Gasteiger partial charge in [-0.2, -0.15) is 0 Å². The van der Waals surface area contributed by atoms with Crippen LogP contribution in [0.4, 0.5) is 10.5 Å². The van der Waals surface area contributed by atoms with Crippen LogP contribution in [0.15, 0.2) is 34.9 Å². The van der Waals surface area contributed by atoms with Gasteiger partial charge in [0.25, 0.3) is 5.91 Å². The van der Waals surface area contributed by atoms with Gasteiger partial charge >= 0.3 is 6.03 Å². The Labute approximate surface area is 175 Å². The van der Waals surface area contributed by atoms with Crippen LogP contribution in [0, 0.1) is 13.8 Å². The molecule has 1 aromatic carbocycles. The lowest BCUT2D eigenvalue weighted by Gasteiger charge is -2.36. The summed E-state index contributed by atoms with van der Waals surface area (Å²) >= 11 is 0. The number of anilines is 1. The highest BCUT2D eigenvalue weighted by molar-refractivity contribution is 5.94. The Morgan fingerprint density at radius 2 is 1.97 bits per heavy atom. The second-order valence-corrected chi connectivity index (χ2v) is 7.37. The Hall–Kier alpha value is -2.91. The number of amides is 3. The predicted molar refractivity (Wildman–Crippen MR) is 110 cm³/mol. The van der Waals surface area contributed by atoms with E-state index in [2.05, 4.69) is 21.1 Å². The van der Waals surface area contributed by atoms with Crippen LogP contribution in [0.2, 0.25) is 0 Å². The molecule has 30 heavy (non-hydrogen) atoms. The van der Waals surface area contributed by atoms with Gasteiger partial charge in [0.2, 0.25) is 0 Å². The van der Waals surface area contributed by atoms with E-state index in [-0.39, 0.29) is 30.7 Å². The number of aliphatic hydroxyl groups excluding tert-OH is 1. The van der Waals surface area contributed by atoms with Crippen LogP contribution in [-0.2, 0) is 4.74 Å². The SMILES string of the molecule is Cc1noc(C)c1NC(=O)NCC[C@H]1CC[C@H](NC(=O)c2ccccc2)[C@@H](CO)O1. The standard InChI is InChI=1S/C21H28N4O5/c1-13-19(14(2)30-25-13)24-21(28)22-11-10-16-8-9-17(18(12-26)29-16)23-20(27)15-6-4-3-5-7-15/h3-7,16-18,26H,8-12H2,1-2H3,(H,23,27)(H2,22,24,28)/t16-,17+,18-/m1/s1. The van der Waals surface area contributed by atoms with Crippen LogP contribution < -0.4 is 16.0 Å². The van der Waals surface area contributed by atoms with Crippen molar-refractivity contribution in [2.24, 2.45) is 0 Å². The lowest BCUT2D eigenvalue weighted by Crippen LogP contribution is -2.51. The van der Waals surface area contributed by atoms with Gasteiger partial charge in [0.05, 0.1) is 18.8 Å². The third-order valence-electron chi connectivity index (χ3n) is 5.17. The number of nitrogens with one attached hydrogen (secondary N) is 3. The highest BCUT2D eigenvalue weighted by Crippen LogP contribution is 2.22. The normalized spacial score (nSPS) is 21.1. The lowest BCUT2D eigenvalue weighted by molar-refractivity contribution is -0.0892. The Kier molecular flexibility index (Phi) is 7.42. The zero-order chi connectivity index (χ0) is 21.5. The van der Waals surface area contributed by atoms with E-state index in [0.717, 1.165) is 6.42 Å². The molecule has 3 rings (SSSR count). The topological polar surface area (TPSA) is 126 Å². The van der Waals surface area contributed by atoms with Crippen LogP contribution in [0.3, 0.4) is 0 Å². The first-order valence-corrected chi connectivity index (χ1v) is 10.1. The maximum Gasteiger partial charge on any atom is 0.319 e. The summed E-state index contributed by atoms with van der Waals surface area (Å²) in [5, 5.41) is 22.0. The van der Waals surface area contributed by atoms with Crippen LogP contribution in [0.25, 0.3) is 0 Å². The molecule has 1 aliphatic rings. The molecule has 1 saturated heterocycles. The summed E-state index contributed by atoms with van der Waals surface area (Å²) in [4.78, 5) is 24.4. The molecule has 9 heteroatoms. The minimum absolute atomic E-state index is 0.105. The van der Waals surface area contributed by atoms with Crippen LogP contribution in [0.1, 0.15) is 41.1 Å². The predicted octanol–water partition coefficient (Wildman–Crippen LogP) is 2.14. The van der Waals surface area contributed by atoms with Gasteiger partial charge in [0, 0.05) is 12.1 Å². The van der Waals surface area contributed by atoms with Gasteiger partial charge in [0.15, 0.2) is 5.76 Å². The Morgan fingerprint density at radius 1 is 1.20 bits per heavy atom. The van der Waals surface area contributed by atoms with E-state index in [9.17, 15) is 14.7 Å². The number of carbonyl (C=O) groups is 2. The maximum absolute atomic E-state index is 12.4. The Balaban J connectivity index is 1.42. The highest BCUT2D eigenvalue weighted by atomic mass is 16.5. The molecule has 162 valence electrons. The number of nitrogens with zero attached hydrogens (tertiary/aromatic N) is 1. The largest absolute Gasteiger partial charge is 0.394 e. The number of hydrogen-bond donors (Lipinski definition) is 4. The number of aliphatic hydroxyl groups is 1. The molecular weight excluding hydrogens is 388 g/mol. The van der Waals surface area contributed by atoms with Crippen LogP contribution in [0.5, 0.6) is 0 Å². The highest BCUT2D eigenvalue weighted by Gasteiger charge is 2.32. The molecule has 3 atom stereocenters. The molecule has 3 amide bonds. The van der Waals surface area contributed by atoms with E-state index >= 15 is 0 Å². The van der Waals surface area contributed by atoms with Crippen molar-refractivity contribution < 1.29 is 24.0 Å². The lowest BCUT2D eigenvalue weighted by atomic mass is 9.96. The van der Waals surface area contributed by atoms with Crippen molar-refractivity contribution >= 4 is 17.6 Å². The fraction of sp³-hybridized carbons (Fsp3) is 0.476. The van der Waals surface area contributed by atoms with E-state index in [4.69, 9.17) is 9.26 Å². The van der Waals surface area contributed by atoms with E-state index in [1.165, 1.54) is 0 Å². The third-order valence-corrected chi connectivity index (χ3v) is 5.17. The zero-order valence-corrected chi connectivity index (χ0v) is 17.2. The molecule has 4 N–H and O–H groups in total. The summed E-state index contributed by atoms with van der Waals surface area (Å²) in [5.74, 6) is 0.367. The molecule has 1 aliphatic heterocycles. The van der Waals surface area contributed by atoms with Gasteiger partial charge in [0.1, 0.15) is 17.5 Å². The number of urea groups is 1. The fourth-order valence-corrected chi connectivity index (χ4v) is 3.52. The molecule has 0 radical (unpaired) electrons. The monoisotopic (exact) mass is 416 g/mol. The summed E-state index contributed by atoms with van der Waals surface area (Å²) < 4.78 is 11.0. The molecule has 0 bridgehead atoms. The molecule has 1 fully saturated rings. The van der Waals surface area contributed by atoms with Crippen molar-refractivity contribution in [2.75, 3.05) is 18.5 Å². The van der Waals surface area contributed by atoms with Crippen molar-refractivity contribution in [3.63, 3.8) is 0 Å². The van der Waals surface area contributed by atoms with Crippen molar-refractivity contribution in [1.29, 1.82) is 0 Å². The second-order valence-electron chi connectivity index (χ2n) is 7.37. The quantitative estimate of drug-likeness (QED) is 0.548. The second kappa shape index (κ2) is 10.2.